The number of anilines is 1. The monoisotopic (exact) mass is 437 g/mol. The van der Waals surface area contributed by atoms with E-state index in [0.29, 0.717) is 5.56 Å². The Bertz CT molecular complexity index is 961. The van der Waals surface area contributed by atoms with Gasteiger partial charge in [-0.05, 0) is 39.3 Å². The number of thiophene rings is 1. The molecule has 1 amide bonds. The lowest BCUT2D eigenvalue weighted by Crippen LogP contribution is -2.18. The fourth-order valence-electron chi connectivity index (χ4n) is 2.52. The summed E-state index contributed by atoms with van der Waals surface area (Å²) in [6.07, 6.45) is 1.05. The van der Waals surface area contributed by atoms with Gasteiger partial charge in [0.15, 0.2) is 5.69 Å². The number of nitrogens with one attached hydrogen (secondary N) is 1. The maximum atomic E-state index is 12.5. The van der Waals surface area contributed by atoms with Gasteiger partial charge in [-0.1, -0.05) is 0 Å². The molecule has 0 unspecified atom stereocenters. The highest BCUT2D eigenvalue weighted by Gasteiger charge is 2.27. The van der Waals surface area contributed by atoms with E-state index >= 15 is 0 Å². The van der Waals surface area contributed by atoms with Crippen LogP contribution in [0.1, 0.15) is 63.3 Å². The number of nitrogens with zero attached hydrogens (tertiary/aromatic N) is 2. The molecule has 0 aromatic carbocycles. The van der Waals surface area contributed by atoms with E-state index in [4.69, 9.17) is 14.6 Å². The van der Waals surface area contributed by atoms with Crippen LogP contribution in [-0.4, -0.2) is 51.4 Å². The van der Waals surface area contributed by atoms with Crippen molar-refractivity contribution in [2.45, 2.75) is 46.8 Å². The van der Waals surface area contributed by atoms with Crippen molar-refractivity contribution < 1.29 is 33.8 Å². The molecule has 0 spiro atoms. The molecule has 30 heavy (non-hydrogen) atoms. The van der Waals surface area contributed by atoms with Crippen LogP contribution in [0.25, 0.3) is 0 Å². The van der Waals surface area contributed by atoms with E-state index in [1.807, 2.05) is 0 Å². The molecule has 2 aromatic heterocycles. The van der Waals surface area contributed by atoms with Gasteiger partial charge in [-0.15, -0.1) is 11.3 Å². The summed E-state index contributed by atoms with van der Waals surface area (Å²) in [4.78, 5) is 48.2. The summed E-state index contributed by atoms with van der Waals surface area (Å²) in [7, 11) is 0. The number of esters is 2. The number of hydrogen-bond acceptors (Lipinski definition) is 8. The fourth-order valence-corrected chi connectivity index (χ4v) is 3.62. The maximum absolute atomic E-state index is 12.5. The van der Waals surface area contributed by atoms with Gasteiger partial charge >= 0.3 is 17.9 Å². The highest BCUT2D eigenvalue weighted by molar-refractivity contribution is 7.18. The van der Waals surface area contributed by atoms with E-state index in [9.17, 15) is 19.2 Å². The van der Waals surface area contributed by atoms with Gasteiger partial charge < -0.3 is 19.9 Å². The summed E-state index contributed by atoms with van der Waals surface area (Å²) in [5, 5.41) is 15.6. The zero-order chi connectivity index (χ0) is 22.4. The molecular weight excluding hydrogens is 414 g/mol. The molecule has 0 saturated carbocycles. The van der Waals surface area contributed by atoms with Crippen LogP contribution in [0.15, 0.2) is 12.3 Å². The standard InChI is InChI=1S/C19H23N3O7S/c1-5-28-19(27)15-11(4)14(18(26)29-10(2)3)16(30-15)20-13(23)7-9-22-8-6-12(21-22)17(24)25/h6,8,10H,5,7,9H2,1-4H3,(H,20,23)(H,24,25). The van der Waals surface area contributed by atoms with Gasteiger partial charge in [-0.25, -0.2) is 14.4 Å². The molecule has 162 valence electrons. The predicted molar refractivity (Wildman–Crippen MR) is 108 cm³/mol. The van der Waals surface area contributed by atoms with Gasteiger partial charge in [-0.3, -0.25) is 9.48 Å². The molecule has 0 radical (unpaired) electrons. The van der Waals surface area contributed by atoms with Crippen LogP contribution in [-0.2, 0) is 20.8 Å². The molecule has 0 atom stereocenters. The van der Waals surface area contributed by atoms with Crippen molar-refractivity contribution in [2.24, 2.45) is 0 Å². The van der Waals surface area contributed by atoms with Gasteiger partial charge in [-0.2, -0.15) is 5.10 Å². The number of ether oxygens (including phenoxy) is 2. The Morgan fingerprint density at radius 3 is 2.53 bits per heavy atom. The molecule has 2 N–H and O–H groups in total. The van der Waals surface area contributed by atoms with Crippen molar-refractivity contribution >= 4 is 40.2 Å². The number of amides is 1. The molecule has 2 heterocycles. The Hall–Kier alpha value is -3.21. The summed E-state index contributed by atoms with van der Waals surface area (Å²) in [5.74, 6) is -2.83. The maximum Gasteiger partial charge on any atom is 0.356 e. The normalized spacial score (nSPS) is 10.7. The number of carboxylic acids is 1. The van der Waals surface area contributed by atoms with E-state index < -0.39 is 23.8 Å². The molecule has 0 aliphatic heterocycles. The highest BCUT2D eigenvalue weighted by Crippen LogP contribution is 2.34. The van der Waals surface area contributed by atoms with Gasteiger partial charge in [0.2, 0.25) is 5.91 Å². The molecule has 0 saturated heterocycles. The molecule has 0 aliphatic carbocycles. The average Bonchev–Trinajstić information content (AvgIpc) is 3.24. The third-order valence-corrected chi connectivity index (χ3v) is 5.02. The summed E-state index contributed by atoms with van der Waals surface area (Å²) in [6.45, 7) is 6.96. The molecular formula is C19H23N3O7S. The first-order valence-corrected chi connectivity index (χ1v) is 10.0. The number of carbonyl (C=O) groups excluding carboxylic acids is 3. The number of carboxylic acid groups (broad SMARTS) is 1. The topological polar surface area (TPSA) is 137 Å². The Morgan fingerprint density at radius 1 is 1.27 bits per heavy atom. The first-order chi connectivity index (χ1) is 14.1. The molecule has 10 nitrogen and oxygen atoms in total. The van der Waals surface area contributed by atoms with Crippen molar-refractivity contribution in [3.05, 3.63) is 34.0 Å². The quantitative estimate of drug-likeness (QED) is 0.571. The Morgan fingerprint density at radius 2 is 1.97 bits per heavy atom. The van der Waals surface area contributed by atoms with Crippen molar-refractivity contribution in [1.82, 2.24) is 9.78 Å². The second kappa shape index (κ2) is 10.0. The zero-order valence-electron chi connectivity index (χ0n) is 17.1. The number of aromatic nitrogens is 2. The molecule has 0 aliphatic rings. The van der Waals surface area contributed by atoms with Gasteiger partial charge in [0.05, 0.1) is 18.3 Å². The van der Waals surface area contributed by atoms with E-state index in [1.54, 1.807) is 27.7 Å². The average molecular weight is 437 g/mol. The van der Waals surface area contributed by atoms with Crippen LogP contribution in [0.4, 0.5) is 5.00 Å². The Labute approximate surface area is 176 Å². The van der Waals surface area contributed by atoms with Crippen LogP contribution in [0, 0.1) is 6.92 Å². The van der Waals surface area contributed by atoms with Crippen LogP contribution in [0.3, 0.4) is 0 Å². The lowest BCUT2D eigenvalue weighted by atomic mass is 10.1. The Kier molecular flexibility index (Phi) is 7.70. The second-order valence-corrected chi connectivity index (χ2v) is 7.52. The van der Waals surface area contributed by atoms with E-state index in [2.05, 4.69) is 10.4 Å². The largest absolute Gasteiger partial charge is 0.476 e. The lowest BCUT2D eigenvalue weighted by molar-refractivity contribution is -0.116. The number of carbonyl (C=O) groups is 4. The van der Waals surface area contributed by atoms with Crippen molar-refractivity contribution in [2.75, 3.05) is 11.9 Å². The van der Waals surface area contributed by atoms with E-state index in [-0.39, 0.29) is 46.8 Å². The van der Waals surface area contributed by atoms with Crippen LogP contribution >= 0.6 is 11.3 Å². The minimum Gasteiger partial charge on any atom is -0.476 e. The minimum absolute atomic E-state index is 0.0227. The summed E-state index contributed by atoms with van der Waals surface area (Å²) < 4.78 is 11.6. The van der Waals surface area contributed by atoms with E-state index in [1.165, 1.54) is 16.9 Å². The highest BCUT2D eigenvalue weighted by atomic mass is 32.1. The van der Waals surface area contributed by atoms with Crippen LogP contribution < -0.4 is 5.32 Å². The SMILES string of the molecule is CCOC(=O)c1sc(NC(=O)CCn2ccc(C(=O)O)n2)c(C(=O)OC(C)C)c1C. The fraction of sp³-hybridized carbons (Fsp3) is 0.421. The molecule has 0 fully saturated rings. The van der Waals surface area contributed by atoms with E-state index in [0.717, 1.165) is 11.3 Å². The van der Waals surface area contributed by atoms with Crippen molar-refractivity contribution in [3.63, 3.8) is 0 Å². The third kappa shape index (κ3) is 5.66. The number of rotatable bonds is 9. The number of hydrogen-bond donors (Lipinski definition) is 2. The first kappa shape index (κ1) is 23.1. The first-order valence-electron chi connectivity index (χ1n) is 9.22. The predicted octanol–water partition coefficient (Wildman–Crippen LogP) is 2.72. The Balaban J connectivity index is 2.19. The molecule has 2 aromatic rings. The van der Waals surface area contributed by atoms with Gasteiger partial charge in [0.25, 0.3) is 0 Å². The van der Waals surface area contributed by atoms with Crippen LogP contribution in [0.2, 0.25) is 0 Å². The lowest BCUT2D eigenvalue weighted by Gasteiger charge is -2.10. The minimum atomic E-state index is -1.16. The summed E-state index contributed by atoms with van der Waals surface area (Å²) in [5.41, 5.74) is 0.358. The smallest absolute Gasteiger partial charge is 0.356 e. The summed E-state index contributed by atoms with van der Waals surface area (Å²) >= 11 is 0.940. The van der Waals surface area contributed by atoms with Gasteiger partial charge in [0.1, 0.15) is 9.88 Å². The third-order valence-electron chi connectivity index (χ3n) is 3.84. The molecule has 0 bridgehead atoms. The zero-order valence-corrected chi connectivity index (χ0v) is 17.9. The van der Waals surface area contributed by atoms with Gasteiger partial charge in [0, 0.05) is 19.2 Å². The molecule has 11 heteroatoms. The van der Waals surface area contributed by atoms with Crippen molar-refractivity contribution in [1.29, 1.82) is 0 Å². The second-order valence-electron chi connectivity index (χ2n) is 6.50. The number of aromatic carboxylic acids is 1. The summed E-state index contributed by atoms with van der Waals surface area (Å²) in [6, 6.07) is 1.33. The molecule has 2 rings (SSSR count). The van der Waals surface area contributed by atoms with Crippen LogP contribution in [0.5, 0.6) is 0 Å². The number of aryl methyl sites for hydroxylation is 1. The van der Waals surface area contributed by atoms with Crippen molar-refractivity contribution in [3.8, 4) is 0 Å².